The number of hydrogen-bond acceptors (Lipinski definition) is 4. The van der Waals surface area contributed by atoms with Crippen LogP contribution in [-0.4, -0.2) is 66.4 Å². The SMILES string of the molecule is CC.CCN(CC1=CCCCC=C1)C(=O)CCCCCN1CCCN(C2=CC=CC(C)C=C2C#N)CC1. The topological polar surface area (TPSA) is 50.6 Å². The number of allylic oxidation sites excluding steroid dienone is 7. The van der Waals surface area contributed by atoms with Gasteiger partial charge in [-0.25, -0.2) is 0 Å². The average Bonchev–Trinajstić information content (AvgIpc) is 3.39. The summed E-state index contributed by atoms with van der Waals surface area (Å²) < 4.78 is 0. The Morgan fingerprint density at radius 1 is 1.11 bits per heavy atom. The van der Waals surface area contributed by atoms with E-state index in [1.165, 1.54) is 12.0 Å². The van der Waals surface area contributed by atoms with Gasteiger partial charge in [-0.2, -0.15) is 5.26 Å². The molecular formula is C32H50N4O. The zero-order valence-electron chi connectivity index (χ0n) is 23.9. The number of unbranched alkanes of at least 4 members (excludes halogenated alkanes) is 2. The van der Waals surface area contributed by atoms with Crippen LogP contribution in [0.3, 0.4) is 0 Å². The Labute approximate surface area is 226 Å². The maximum atomic E-state index is 12.7. The first-order valence-electron chi connectivity index (χ1n) is 14.7. The van der Waals surface area contributed by atoms with Crippen molar-refractivity contribution in [3.05, 3.63) is 59.4 Å². The minimum atomic E-state index is 0.290. The van der Waals surface area contributed by atoms with E-state index in [1.807, 2.05) is 18.7 Å². The lowest BCUT2D eigenvalue weighted by atomic mass is 10.1. The van der Waals surface area contributed by atoms with Gasteiger partial charge >= 0.3 is 0 Å². The van der Waals surface area contributed by atoms with E-state index in [9.17, 15) is 10.1 Å². The number of nitrogens with zero attached hydrogens (tertiary/aromatic N) is 4. The molecule has 1 fully saturated rings. The highest BCUT2D eigenvalue weighted by Gasteiger charge is 2.20. The van der Waals surface area contributed by atoms with E-state index in [1.54, 1.807) is 0 Å². The Hall–Kier alpha value is -2.58. The van der Waals surface area contributed by atoms with Gasteiger partial charge in [0.15, 0.2) is 0 Å². The molecule has 2 aliphatic carbocycles. The third kappa shape index (κ3) is 10.7. The predicted octanol–water partition coefficient (Wildman–Crippen LogP) is 6.64. The summed E-state index contributed by atoms with van der Waals surface area (Å²) in [5, 5.41) is 9.65. The highest BCUT2D eigenvalue weighted by atomic mass is 16.2. The molecule has 0 bridgehead atoms. The summed E-state index contributed by atoms with van der Waals surface area (Å²) in [6.45, 7) is 14.9. The third-order valence-electron chi connectivity index (χ3n) is 7.21. The first kappa shape index (κ1) is 30.6. The zero-order chi connectivity index (χ0) is 26.9. The Balaban J connectivity index is 0.00000235. The van der Waals surface area contributed by atoms with Gasteiger partial charge in [-0.05, 0) is 76.1 Å². The standard InChI is InChI=1S/C30H44N4O.C2H6/c1-3-33(25-27-14-7-4-5-8-15-27)30(35)17-9-6-10-18-32-19-12-20-34(22-21-32)29-16-11-13-26(2)23-28(29)24-31;1-2/h7,11,13-16,23,26H,3-6,8-10,12,17-22,25H2,1-2H3;1-2H3. The monoisotopic (exact) mass is 506 g/mol. The average molecular weight is 507 g/mol. The lowest BCUT2D eigenvalue weighted by Gasteiger charge is -2.26. The first-order chi connectivity index (χ1) is 18.1. The highest BCUT2D eigenvalue weighted by Crippen LogP contribution is 2.22. The van der Waals surface area contributed by atoms with Gasteiger partial charge in [0.1, 0.15) is 6.07 Å². The molecule has 0 saturated carbocycles. The van der Waals surface area contributed by atoms with Crippen molar-refractivity contribution in [2.75, 3.05) is 45.8 Å². The fraction of sp³-hybridized carbons (Fsp3) is 0.625. The molecule has 5 heteroatoms. The number of carbonyl (C=O) groups excluding carboxylic acids is 1. The fourth-order valence-electron chi connectivity index (χ4n) is 5.11. The molecule has 0 spiro atoms. The van der Waals surface area contributed by atoms with E-state index in [0.717, 1.165) is 95.6 Å². The van der Waals surface area contributed by atoms with E-state index in [-0.39, 0.29) is 5.91 Å². The van der Waals surface area contributed by atoms with Crippen molar-refractivity contribution in [2.24, 2.45) is 5.92 Å². The van der Waals surface area contributed by atoms with Gasteiger partial charge in [-0.15, -0.1) is 0 Å². The summed E-state index contributed by atoms with van der Waals surface area (Å²) in [6, 6.07) is 2.41. The third-order valence-corrected chi connectivity index (χ3v) is 7.21. The maximum Gasteiger partial charge on any atom is 0.222 e. The van der Waals surface area contributed by atoms with Crippen LogP contribution in [-0.2, 0) is 4.79 Å². The normalized spacial score (nSPS) is 20.2. The summed E-state index contributed by atoms with van der Waals surface area (Å²) in [5.74, 6) is 0.585. The lowest BCUT2D eigenvalue weighted by molar-refractivity contribution is -0.130. The first-order valence-corrected chi connectivity index (χ1v) is 14.7. The Kier molecular flexibility index (Phi) is 14.7. The van der Waals surface area contributed by atoms with Crippen LogP contribution in [0.15, 0.2) is 59.4 Å². The van der Waals surface area contributed by atoms with Crippen LogP contribution in [0, 0.1) is 17.2 Å². The smallest absolute Gasteiger partial charge is 0.222 e. The molecule has 0 aromatic carbocycles. The van der Waals surface area contributed by atoms with Gasteiger partial charge in [-0.1, -0.05) is 63.6 Å². The molecule has 1 amide bonds. The second-order valence-corrected chi connectivity index (χ2v) is 10.0. The summed E-state index contributed by atoms with van der Waals surface area (Å²) in [7, 11) is 0. The number of nitriles is 1. The largest absolute Gasteiger partial charge is 0.369 e. The summed E-state index contributed by atoms with van der Waals surface area (Å²) in [6.07, 6.45) is 23.6. The van der Waals surface area contributed by atoms with Crippen molar-refractivity contribution < 1.29 is 4.79 Å². The Morgan fingerprint density at radius 2 is 1.95 bits per heavy atom. The lowest BCUT2D eigenvalue weighted by Crippen LogP contribution is -2.32. The molecule has 0 aromatic heterocycles. The summed E-state index contributed by atoms with van der Waals surface area (Å²) in [5.41, 5.74) is 3.16. The minimum Gasteiger partial charge on any atom is -0.369 e. The van der Waals surface area contributed by atoms with Gasteiger partial charge in [0.2, 0.25) is 5.91 Å². The molecule has 37 heavy (non-hydrogen) atoms. The number of amides is 1. The molecule has 204 valence electrons. The maximum absolute atomic E-state index is 12.7. The van der Waals surface area contributed by atoms with Gasteiger partial charge in [0.05, 0.1) is 11.3 Å². The van der Waals surface area contributed by atoms with E-state index in [0.29, 0.717) is 12.3 Å². The molecule has 1 atom stereocenters. The van der Waals surface area contributed by atoms with Crippen LogP contribution in [0.2, 0.25) is 0 Å². The molecule has 3 rings (SSSR count). The molecule has 1 saturated heterocycles. The molecule has 5 nitrogen and oxygen atoms in total. The zero-order valence-corrected chi connectivity index (χ0v) is 23.9. The van der Waals surface area contributed by atoms with Gasteiger partial charge in [0, 0.05) is 39.1 Å². The minimum absolute atomic E-state index is 0.290. The van der Waals surface area contributed by atoms with Crippen molar-refractivity contribution >= 4 is 5.91 Å². The van der Waals surface area contributed by atoms with Crippen molar-refractivity contribution in [3.63, 3.8) is 0 Å². The van der Waals surface area contributed by atoms with E-state index >= 15 is 0 Å². The number of hydrogen-bond donors (Lipinski definition) is 0. The van der Waals surface area contributed by atoms with Crippen LogP contribution in [0.4, 0.5) is 0 Å². The molecule has 1 aliphatic heterocycles. The van der Waals surface area contributed by atoms with Crippen molar-refractivity contribution in [1.29, 1.82) is 5.26 Å². The molecule has 1 unspecified atom stereocenters. The van der Waals surface area contributed by atoms with Crippen molar-refractivity contribution in [1.82, 2.24) is 14.7 Å². The highest BCUT2D eigenvalue weighted by molar-refractivity contribution is 5.76. The van der Waals surface area contributed by atoms with Crippen molar-refractivity contribution in [2.45, 2.75) is 79.1 Å². The van der Waals surface area contributed by atoms with Crippen LogP contribution in [0.25, 0.3) is 0 Å². The molecule has 3 aliphatic rings. The van der Waals surface area contributed by atoms with Crippen LogP contribution in [0.5, 0.6) is 0 Å². The van der Waals surface area contributed by atoms with E-state index in [2.05, 4.69) is 72.2 Å². The summed E-state index contributed by atoms with van der Waals surface area (Å²) >= 11 is 0. The second-order valence-electron chi connectivity index (χ2n) is 10.0. The number of rotatable bonds is 10. The molecule has 0 N–H and O–H groups in total. The molecule has 0 aromatic rings. The van der Waals surface area contributed by atoms with Crippen LogP contribution in [0.1, 0.15) is 79.1 Å². The number of carbonyl (C=O) groups is 1. The Morgan fingerprint density at radius 3 is 2.73 bits per heavy atom. The van der Waals surface area contributed by atoms with Gasteiger partial charge in [-0.3, -0.25) is 4.79 Å². The molecular weight excluding hydrogens is 456 g/mol. The molecule has 1 heterocycles. The van der Waals surface area contributed by atoms with E-state index < -0.39 is 0 Å². The Bertz CT molecular complexity index is 889. The quantitative estimate of drug-likeness (QED) is 0.312. The van der Waals surface area contributed by atoms with Gasteiger partial charge in [0.25, 0.3) is 0 Å². The summed E-state index contributed by atoms with van der Waals surface area (Å²) in [4.78, 5) is 19.7. The van der Waals surface area contributed by atoms with Crippen LogP contribution >= 0.6 is 0 Å². The van der Waals surface area contributed by atoms with Gasteiger partial charge < -0.3 is 14.7 Å². The van der Waals surface area contributed by atoms with Crippen molar-refractivity contribution in [3.8, 4) is 6.07 Å². The fourth-order valence-corrected chi connectivity index (χ4v) is 5.11. The van der Waals surface area contributed by atoms with E-state index in [4.69, 9.17) is 0 Å². The molecule has 0 radical (unpaired) electrons. The predicted molar refractivity (Wildman–Crippen MR) is 156 cm³/mol. The second kappa shape index (κ2) is 17.8. The van der Waals surface area contributed by atoms with Crippen LogP contribution < -0.4 is 0 Å². The number of likely N-dealkylation sites (N-methyl/N-ethyl adjacent to an activating group) is 1.